The van der Waals surface area contributed by atoms with Crippen molar-refractivity contribution in [2.24, 2.45) is 0 Å². The van der Waals surface area contributed by atoms with Gasteiger partial charge in [-0.15, -0.1) is 0 Å². The zero-order valence-electron chi connectivity index (χ0n) is 17.9. The number of amides is 2. The first-order chi connectivity index (χ1) is 16.3. The van der Waals surface area contributed by atoms with Crippen LogP contribution >= 0.6 is 15.9 Å². The monoisotopic (exact) mass is 527 g/mol. The van der Waals surface area contributed by atoms with Crippen molar-refractivity contribution in [2.45, 2.75) is 12.8 Å². The molecule has 0 spiro atoms. The fourth-order valence-electron chi connectivity index (χ4n) is 3.61. The quantitative estimate of drug-likeness (QED) is 0.319. The maximum absolute atomic E-state index is 14.8. The third-order valence-electron chi connectivity index (χ3n) is 5.35. The molecule has 0 unspecified atom stereocenters. The Labute approximate surface area is 202 Å². The van der Waals surface area contributed by atoms with E-state index in [-0.39, 0.29) is 28.5 Å². The van der Waals surface area contributed by atoms with Gasteiger partial charge in [0.1, 0.15) is 23.3 Å². The standard InChI is InChI=1S/C24H20BrF2N5O2/c25-15-4-8-21(29-13-15)31-24(34)18-12-16(26)5-7-20(18)30-23(33)17-6-3-14(11-19(17)27)22(28)32-9-1-2-10-32/h3-8,11-13,28H,1-2,9-10H2,(H,30,33)(H,29,31,34). The predicted octanol–water partition coefficient (Wildman–Crippen LogP) is 5.05. The van der Waals surface area contributed by atoms with E-state index >= 15 is 0 Å². The first-order valence-electron chi connectivity index (χ1n) is 10.5. The smallest absolute Gasteiger partial charge is 0.259 e. The van der Waals surface area contributed by atoms with Crippen molar-refractivity contribution in [3.63, 3.8) is 0 Å². The maximum Gasteiger partial charge on any atom is 0.259 e. The summed E-state index contributed by atoms with van der Waals surface area (Å²) in [6.45, 7) is 1.49. The van der Waals surface area contributed by atoms with Crippen molar-refractivity contribution in [1.29, 1.82) is 5.41 Å². The normalized spacial score (nSPS) is 13.0. The van der Waals surface area contributed by atoms with E-state index in [1.54, 1.807) is 12.1 Å². The number of carbonyl (C=O) groups is 2. The lowest BCUT2D eigenvalue weighted by atomic mass is 10.1. The van der Waals surface area contributed by atoms with E-state index in [1.807, 2.05) is 4.90 Å². The number of amidine groups is 1. The Morgan fingerprint density at radius 2 is 1.68 bits per heavy atom. The second kappa shape index (κ2) is 10.1. The Bertz CT molecular complexity index is 1260. The zero-order valence-corrected chi connectivity index (χ0v) is 19.5. The highest BCUT2D eigenvalue weighted by Gasteiger charge is 2.21. The van der Waals surface area contributed by atoms with Crippen LogP contribution in [0, 0.1) is 17.0 Å². The lowest BCUT2D eigenvalue weighted by Gasteiger charge is -2.19. The second-order valence-electron chi connectivity index (χ2n) is 7.70. The maximum atomic E-state index is 14.8. The van der Waals surface area contributed by atoms with E-state index in [2.05, 4.69) is 31.5 Å². The van der Waals surface area contributed by atoms with Gasteiger partial charge in [0.2, 0.25) is 0 Å². The molecule has 3 N–H and O–H groups in total. The highest BCUT2D eigenvalue weighted by Crippen LogP contribution is 2.22. The van der Waals surface area contributed by atoms with Crippen LogP contribution in [0.5, 0.6) is 0 Å². The molecule has 3 aromatic rings. The summed E-state index contributed by atoms with van der Waals surface area (Å²) in [5.74, 6) is -2.54. The first kappa shape index (κ1) is 23.5. The van der Waals surface area contributed by atoms with Crippen LogP contribution in [-0.2, 0) is 0 Å². The average molecular weight is 528 g/mol. The Hall–Kier alpha value is -3.66. The fourth-order valence-corrected chi connectivity index (χ4v) is 3.84. The lowest BCUT2D eigenvalue weighted by molar-refractivity contribution is 0.102. The number of likely N-dealkylation sites (tertiary alicyclic amines) is 1. The highest BCUT2D eigenvalue weighted by atomic mass is 79.9. The number of aromatic nitrogens is 1. The van der Waals surface area contributed by atoms with Crippen LogP contribution in [0.25, 0.3) is 0 Å². The molecule has 1 aromatic heterocycles. The van der Waals surface area contributed by atoms with Gasteiger partial charge in [0.25, 0.3) is 11.8 Å². The van der Waals surface area contributed by atoms with Gasteiger partial charge in [0.15, 0.2) is 0 Å². The van der Waals surface area contributed by atoms with Crippen LogP contribution in [0.1, 0.15) is 39.1 Å². The molecule has 1 saturated heterocycles. The Morgan fingerprint density at radius 1 is 0.941 bits per heavy atom. The van der Waals surface area contributed by atoms with Gasteiger partial charge in [-0.25, -0.2) is 13.8 Å². The molecular weight excluding hydrogens is 508 g/mol. The fraction of sp³-hybridized carbons (Fsp3) is 0.167. The number of nitrogens with zero attached hydrogens (tertiary/aromatic N) is 2. The van der Waals surface area contributed by atoms with Crippen LogP contribution in [0.2, 0.25) is 0 Å². The Kier molecular flexibility index (Phi) is 6.97. The topological polar surface area (TPSA) is 98.2 Å². The van der Waals surface area contributed by atoms with Gasteiger partial charge in [-0.05, 0) is 71.2 Å². The van der Waals surface area contributed by atoms with Crippen molar-refractivity contribution >= 4 is 45.1 Å². The Balaban J connectivity index is 1.53. The lowest BCUT2D eigenvalue weighted by Crippen LogP contribution is -2.28. The Morgan fingerprint density at radius 3 is 2.35 bits per heavy atom. The molecule has 2 aromatic carbocycles. The number of anilines is 2. The molecule has 4 rings (SSSR count). The summed E-state index contributed by atoms with van der Waals surface area (Å²) in [6.07, 6.45) is 3.45. The van der Waals surface area contributed by atoms with Crippen molar-refractivity contribution in [3.05, 3.63) is 87.5 Å². The van der Waals surface area contributed by atoms with Crippen molar-refractivity contribution in [2.75, 3.05) is 23.7 Å². The molecule has 1 fully saturated rings. The molecule has 0 aliphatic carbocycles. The molecule has 34 heavy (non-hydrogen) atoms. The van der Waals surface area contributed by atoms with Gasteiger partial charge in [-0.1, -0.05) is 6.07 Å². The molecule has 7 nitrogen and oxygen atoms in total. The van der Waals surface area contributed by atoms with Crippen LogP contribution < -0.4 is 10.6 Å². The van der Waals surface area contributed by atoms with Gasteiger partial charge in [-0.3, -0.25) is 15.0 Å². The summed E-state index contributed by atoms with van der Waals surface area (Å²) in [7, 11) is 0. The SMILES string of the molecule is N=C(c1ccc(C(=O)Nc2ccc(F)cc2C(=O)Nc2ccc(Br)cn2)c(F)c1)N1CCCC1. The number of rotatable bonds is 5. The van der Waals surface area contributed by atoms with Crippen LogP contribution in [0.15, 0.2) is 59.2 Å². The van der Waals surface area contributed by atoms with Crippen molar-refractivity contribution in [3.8, 4) is 0 Å². The van der Waals surface area contributed by atoms with E-state index in [0.717, 1.165) is 44.1 Å². The largest absolute Gasteiger partial charge is 0.357 e. The zero-order chi connectivity index (χ0) is 24.2. The van der Waals surface area contributed by atoms with Crippen LogP contribution in [0.3, 0.4) is 0 Å². The third kappa shape index (κ3) is 5.28. The van der Waals surface area contributed by atoms with E-state index in [0.29, 0.717) is 10.0 Å². The number of pyridine rings is 1. The summed E-state index contributed by atoms with van der Waals surface area (Å²) in [4.78, 5) is 31.4. The summed E-state index contributed by atoms with van der Waals surface area (Å²) < 4.78 is 29.4. The summed E-state index contributed by atoms with van der Waals surface area (Å²) in [5, 5.41) is 13.3. The molecule has 0 bridgehead atoms. The summed E-state index contributed by atoms with van der Waals surface area (Å²) >= 11 is 3.25. The van der Waals surface area contributed by atoms with Gasteiger partial charge >= 0.3 is 0 Å². The number of halogens is 3. The summed E-state index contributed by atoms with van der Waals surface area (Å²) in [5.41, 5.74) is -0.0248. The third-order valence-corrected chi connectivity index (χ3v) is 5.82. The molecule has 10 heteroatoms. The van der Waals surface area contributed by atoms with Crippen LogP contribution in [0.4, 0.5) is 20.3 Å². The molecule has 1 aliphatic rings. The number of hydrogen-bond acceptors (Lipinski definition) is 4. The number of hydrogen-bond donors (Lipinski definition) is 3. The average Bonchev–Trinajstić information content (AvgIpc) is 3.36. The molecule has 0 saturated carbocycles. The van der Waals surface area contributed by atoms with Crippen molar-refractivity contribution < 1.29 is 18.4 Å². The van der Waals surface area contributed by atoms with E-state index in [4.69, 9.17) is 5.41 Å². The van der Waals surface area contributed by atoms with E-state index in [9.17, 15) is 18.4 Å². The van der Waals surface area contributed by atoms with Gasteiger partial charge in [0, 0.05) is 29.3 Å². The molecular formula is C24H20BrF2N5O2. The van der Waals surface area contributed by atoms with Gasteiger partial charge < -0.3 is 15.5 Å². The number of nitrogens with one attached hydrogen (secondary N) is 3. The van der Waals surface area contributed by atoms with E-state index < -0.39 is 23.4 Å². The van der Waals surface area contributed by atoms with Gasteiger partial charge in [-0.2, -0.15) is 0 Å². The molecule has 1 aliphatic heterocycles. The first-order valence-corrected chi connectivity index (χ1v) is 11.3. The molecule has 2 amide bonds. The molecule has 2 heterocycles. The van der Waals surface area contributed by atoms with Crippen molar-refractivity contribution in [1.82, 2.24) is 9.88 Å². The minimum absolute atomic E-state index is 0.00861. The van der Waals surface area contributed by atoms with Gasteiger partial charge in [0.05, 0.1) is 16.8 Å². The van der Waals surface area contributed by atoms with Crippen LogP contribution in [-0.4, -0.2) is 40.6 Å². The number of benzene rings is 2. The minimum atomic E-state index is -0.806. The molecule has 0 atom stereocenters. The predicted molar refractivity (Wildman–Crippen MR) is 128 cm³/mol. The molecule has 0 radical (unpaired) electrons. The highest BCUT2D eigenvalue weighted by molar-refractivity contribution is 9.10. The summed E-state index contributed by atoms with van der Waals surface area (Å²) in [6, 6.07) is 10.5. The number of carbonyl (C=O) groups excluding carboxylic acids is 2. The second-order valence-corrected chi connectivity index (χ2v) is 8.61. The minimum Gasteiger partial charge on any atom is -0.357 e. The van der Waals surface area contributed by atoms with E-state index in [1.165, 1.54) is 24.4 Å². The molecule has 174 valence electrons.